The third kappa shape index (κ3) is 5.98. The molecule has 0 aromatic heterocycles. The van der Waals surface area contributed by atoms with Crippen molar-refractivity contribution in [3.63, 3.8) is 0 Å². The van der Waals surface area contributed by atoms with Crippen LogP contribution in [0.15, 0.2) is 0 Å². The van der Waals surface area contributed by atoms with E-state index in [1.165, 1.54) is 0 Å². The van der Waals surface area contributed by atoms with Crippen LogP contribution < -0.4 is 5.32 Å². The van der Waals surface area contributed by atoms with E-state index in [1.807, 2.05) is 13.8 Å². The van der Waals surface area contributed by atoms with Crippen LogP contribution in [0.2, 0.25) is 0 Å². The van der Waals surface area contributed by atoms with Crippen molar-refractivity contribution in [3.05, 3.63) is 0 Å². The van der Waals surface area contributed by atoms with Crippen molar-refractivity contribution in [3.8, 4) is 0 Å². The maximum atomic E-state index is 11.8. The molecule has 1 unspecified atom stereocenters. The van der Waals surface area contributed by atoms with Crippen molar-refractivity contribution in [2.24, 2.45) is 0 Å². The summed E-state index contributed by atoms with van der Waals surface area (Å²) in [5.41, 5.74) is 0. The molecule has 0 rings (SSSR count). The number of hydrogen-bond donors (Lipinski definition) is 1. The fourth-order valence-electron chi connectivity index (χ4n) is 0.576. The molecule has 62 valence electrons. The van der Waals surface area contributed by atoms with Crippen molar-refractivity contribution in [2.75, 3.05) is 26.4 Å². The predicted octanol–water partition coefficient (Wildman–Crippen LogP) is 0.970. The second kappa shape index (κ2) is 6.96. The Hall–Kier alpha value is -0.150. The molecule has 2 nitrogen and oxygen atoms in total. The van der Waals surface area contributed by atoms with E-state index < -0.39 is 0 Å². The molecule has 0 radical (unpaired) electrons. The van der Waals surface area contributed by atoms with Gasteiger partial charge in [-0.25, -0.2) is 4.39 Å². The maximum absolute atomic E-state index is 11.8. The van der Waals surface area contributed by atoms with Crippen molar-refractivity contribution in [2.45, 2.75) is 19.9 Å². The summed E-state index contributed by atoms with van der Waals surface area (Å²) in [5, 5.41) is 2.97. The van der Waals surface area contributed by atoms with Gasteiger partial charge in [0.25, 0.3) is 0 Å². The van der Waals surface area contributed by atoms with Gasteiger partial charge in [-0.15, -0.1) is 0 Å². The lowest BCUT2D eigenvalue weighted by atomic mass is 10.4. The Kier molecular flexibility index (Phi) is 6.86. The van der Waals surface area contributed by atoms with Crippen LogP contribution in [0.4, 0.5) is 4.39 Å². The number of hydrogen-bond acceptors (Lipinski definition) is 2. The number of rotatable bonds is 6. The highest BCUT2D eigenvalue weighted by Crippen LogP contribution is 1.81. The summed E-state index contributed by atoms with van der Waals surface area (Å²) in [7, 11) is 0. The van der Waals surface area contributed by atoms with Gasteiger partial charge in [0.2, 0.25) is 0 Å². The topological polar surface area (TPSA) is 21.3 Å². The molecule has 0 saturated heterocycles. The Morgan fingerprint density at radius 1 is 1.60 bits per heavy atom. The summed E-state index contributed by atoms with van der Waals surface area (Å²) in [6.07, 6.45) is 0. The van der Waals surface area contributed by atoms with Crippen LogP contribution in [-0.4, -0.2) is 32.5 Å². The monoisotopic (exact) mass is 149 g/mol. The lowest BCUT2D eigenvalue weighted by Crippen LogP contribution is -2.30. The van der Waals surface area contributed by atoms with E-state index in [2.05, 4.69) is 5.32 Å². The second-order valence-electron chi connectivity index (χ2n) is 2.21. The third-order valence-corrected chi connectivity index (χ3v) is 1.17. The van der Waals surface area contributed by atoms with Crippen molar-refractivity contribution < 1.29 is 9.13 Å². The summed E-state index contributed by atoms with van der Waals surface area (Å²) in [4.78, 5) is 0. The summed E-state index contributed by atoms with van der Waals surface area (Å²) in [5.74, 6) is 0. The molecule has 0 saturated carbocycles. The first-order valence-electron chi connectivity index (χ1n) is 3.68. The maximum Gasteiger partial charge on any atom is 0.104 e. The number of alkyl halides is 1. The largest absolute Gasteiger partial charge is 0.380 e. The van der Waals surface area contributed by atoms with Gasteiger partial charge in [-0.1, -0.05) is 0 Å². The van der Waals surface area contributed by atoms with Crippen LogP contribution in [0.3, 0.4) is 0 Å². The fraction of sp³-hybridized carbons (Fsp3) is 1.00. The Morgan fingerprint density at radius 2 is 2.30 bits per heavy atom. The minimum Gasteiger partial charge on any atom is -0.380 e. The van der Waals surface area contributed by atoms with E-state index in [1.54, 1.807) is 0 Å². The van der Waals surface area contributed by atoms with Gasteiger partial charge in [0.1, 0.15) is 6.67 Å². The third-order valence-electron chi connectivity index (χ3n) is 1.17. The van der Waals surface area contributed by atoms with E-state index >= 15 is 0 Å². The molecule has 10 heavy (non-hydrogen) atoms. The zero-order valence-corrected chi connectivity index (χ0v) is 6.69. The Balaban J connectivity index is 2.89. The number of ether oxygens (including phenoxy) is 1. The van der Waals surface area contributed by atoms with Crippen molar-refractivity contribution >= 4 is 0 Å². The molecule has 0 aliphatic carbocycles. The number of nitrogens with one attached hydrogen (secondary N) is 1. The van der Waals surface area contributed by atoms with Crippen LogP contribution in [0, 0.1) is 0 Å². The van der Waals surface area contributed by atoms with E-state index in [0.717, 1.165) is 13.2 Å². The molecule has 0 aliphatic rings. The highest BCUT2D eigenvalue weighted by molar-refractivity contribution is 4.56. The van der Waals surface area contributed by atoms with Crippen LogP contribution in [0.1, 0.15) is 13.8 Å². The summed E-state index contributed by atoms with van der Waals surface area (Å²) >= 11 is 0. The highest BCUT2D eigenvalue weighted by atomic mass is 19.1. The molecule has 0 bridgehead atoms. The van der Waals surface area contributed by atoms with Crippen LogP contribution >= 0.6 is 0 Å². The van der Waals surface area contributed by atoms with Gasteiger partial charge in [0.05, 0.1) is 6.61 Å². The summed E-state index contributed by atoms with van der Waals surface area (Å²) in [6, 6.07) is -0.0412. The Bertz CT molecular complexity index is 70.6. The number of halogens is 1. The molecule has 3 heteroatoms. The lowest BCUT2D eigenvalue weighted by Gasteiger charge is -2.08. The molecule has 0 spiro atoms. The zero-order chi connectivity index (χ0) is 7.82. The second-order valence-corrected chi connectivity index (χ2v) is 2.21. The molecule has 0 amide bonds. The first kappa shape index (κ1) is 9.85. The standard InChI is InChI=1S/C7H16FNO/c1-3-10-5-4-9-7(2)6-8/h7,9H,3-6H2,1-2H3. The summed E-state index contributed by atoms with van der Waals surface area (Å²) < 4.78 is 16.8. The molecular formula is C7H16FNO. The van der Waals surface area contributed by atoms with Crippen molar-refractivity contribution in [1.82, 2.24) is 5.32 Å². The molecule has 0 aliphatic heterocycles. The van der Waals surface area contributed by atoms with E-state index in [4.69, 9.17) is 4.74 Å². The minimum atomic E-state index is -0.313. The SMILES string of the molecule is CCOCCNC(C)CF. The Morgan fingerprint density at radius 3 is 2.80 bits per heavy atom. The van der Waals surface area contributed by atoms with Gasteiger partial charge in [0, 0.05) is 19.2 Å². The fourth-order valence-corrected chi connectivity index (χ4v) is 0.576. The first-order valence-corrected chi connectivity index (χ1v) is 3.68. The first-order chi connectivity index (χ1) is 4.81. The van der Waals surface area contributed by atoms with Gasteiger partial charge >= 0.3 is 0 Å². The molecule has 1 atom stereocenters. The minimum absolute atomic E-state index is 0.0412. The van der Waals surface area contributed by atoms with Gasteiger partial charge in [-0.3, -0.25) is 0 Å². The quantitative estimate of drug-likeness (QED) is 0.568. The predicted molar refractivity (Wildman–Crippen MR) is 39.9 cm³/mol. The van der Waals surface area contributed by atoms with Crippen molar-refractivity contribution in [1.29, 1.82) is 0 Å². The summed E-state index contributed by atoms with van der Waals surface area (Å²) in [6.45, 7) is 5.57. The average Bonchev–Trinajstić information content (AvgIpc) is 1.98. The molecular weight excluding hydrogens is 133 g/mol. The van der Waals surface area contributed by atoms with Crippen LogP contribution in [0.5, 0.6) is 0 Å². The Labute approximate surface area is 61.8 Å². The average molecular weight is 149 g/mol. The zero-order valence-electron chi connectivity index (χ0n) is 6.69. The highest BCUT2D eigenvalue weighted by Gasteiger charge is 1.96. The van der Waals surface area contributed by atoms with Gasteiger partial charge in [-0.05, 0) is 13.8 Å². The van der Waals surface area contributed by atoms with Gasteiger partial charge < -0.3 is 10.1 Å². The van der Waals surface area contributed by atoms with Crippen LogP contribution in [0.25, 0.3) is 0 Å². The van der Waals surface area contributed by atoms with E-state index in [9.17, 15) is 4.39 Å². The lowest BCUT2D eigenvalue weighted by molar-refractivity contribution is 0.146. The normalized spacial score (nSPS) is 13.5. The molecule has 1 N–H and O–H groups in total. The van der Waals surface area contributed by atoms with E-state index in [0.29, 0.717) is 6.61 Å². The van der Waals surface area contributed by atoms with E-state index in [-0.39, 0.29) is 12.7 Å². The molecule has 0 aromatic rings. The van der Waals surface area contributed by atoms with Crippen LogP contribution in [-0.2, 0) is 4.74 Å². The van der Waals surface area contributed by atoms with Gasteiger partial charge in [-0.2, -0.15) is 0 Å². The van der Waals surface area contributed by atoms with Gasteiger partial charge in [0.15, 0.2) is 0 Å². The smallest absolute Gasteiger partial charge is 0.104 e. The molecule has 0 fully saturated rings. The molecule has 0 aromatic carbocycles. The molecule has 0 heterocycles.